The lowest BCUT2D eigenvalue weighted by Gasteiger charge is -1.91. The highest BCUT2D eigenvalue weighted by Gasteiger charge is 2.36. The third-order valence-corrected chi connectivity index (χ3v) is 0.938. The molecule has 0 aliphatic rings. The molecule has 0 bridgehead atoms. The number of nitrogens with zero attached hydrogens (tertiary/aromatic N) is 1. The van der Waals surface area contributed by atoms with E-state index < -0.39 is 12.4 Å². The molecule has 0 radical (unpaired) electrons. The van der Waals surface area contributed by atoms with Gasteiger partial charge >= 0.3 is 7.75 Å². The lowest BCUT2D eigenvalue weighted by Crippen LogP contribution is -1.95. The smallest absolute Gasteiger partial charge is 0.265 e. The first kappa shape index (κ1) is 7.51. The molecule has 0 amide bonds. The molecule has 0 aromatic carbocycles. The monoisotopic (exact) mass is 143 g/mol. The quantitative estimate of drug-likeness (QED) is 0.240. The summed E-state index contributed by atoms with van der Waals surface area (Å²) in [4.78, 5) is 17.0. The summed E-state index contributed by atoms with van der Waals surface area (Å²) in [7, 11) is -4.97. The molecule has 0 aliphatic heterocycles. The molecule has 8 heteroatoms. The average molecular weight is 143 g/mol. The van der Waals surface area contributed by atoms with Crippen LogP contribution in [0.4, 0.5) is 0 Å². The van der Waals surface area contributed by atoms with Crippen LogP contribution in [-0.4, -0.2) is 14.8 Å². The van der Waals surface area contributed by atoms with E-state index in [1.54, 1.807) is 0 Å². The second kappa shape index (κ2) is 2.19. The Balaban J connectivity index is 4.15. The molecule has 0 saturated heterocycles. The fourth-order valence-electron chi connectivity index (χ4n) is 0.0298. The van der Waals surface area contributed by atoms with Gasteiger partial charge in [0.2, 0.25) is 0 Å². The van der Waals surface area contributed by atoms with E-state index in [2.05, 4.69) is 4.67 Å². The predicted octanol–water partition coefficient (Wildman–Crippen LogP) is -0.147. The lowest BCUT2D eigenvalue weighted by atomic mass is 13.4. The van der Waals surface area contributed by atoms with Crippen LogP contribution >= 0.6 is 7.75 Å². The minimum atomic E-state index is -4.97. The van der Waals surface area contributed by atoms with Crippen LogP contribution in [0.5, 0.6) is 0 Å². The molecule has 2 N–H and O–H groups in total. The molecular formula is H2NO6P. The van der Waals surface area contributed by atoms with Crippen molar-refractivity contribution in [3.05, 3.63) is 10.1 Å². The molecule has 48 valence electrons. The van der Waals surface area contributed by atoms with Crippen molar-refractivity contribution in [1.29, 1.82) is 0 Å². The van der Waals surface area contributed by atoms with Gasteiger partial charge in [-0.1, -0.05) is 4.67 Å². The van der Waals surface area contributed by atoms with E-state index >= 15 is 0 Å². The fourth-order valence-corrected chi connectivity index (χ4v) is 0.0894. The van der Waals surface area contributed by atoms with Crippen molar-refractivity contribution in [1.82, 2.24) is 0 Å². The molecule has 0 saturated carbocycles. The van der Waals surface area contributed by atoms with E-state index in [0.717, 1.165) is 0 Å². The molecule has 0 aromatic heterocycles. The minimum absolute atomic E-state index is 1.62. The highest BCUT2D eigenvalue weighted by Crippen LogP contribution is 2.39. The zero-order valence-electron chi connectivity index (χ0n) is 3.42. The Labute approximate surface area is 43.2 Å². The van der Waals surface area contributed by atoms with Crippen LogP contribution < -0.4 is 0 Å². The van der Waals surface area contributed by atoms with Gasteiger partial charge in [0.1, 0.15) is 4.69 Å². The maximum Gasteiger partial charge on any atom is 0.690 e. The highest BCUT2D eigenvalue weighted by molar-refractivity contribution is 7.45. The van der Waals surface area contributed by atoms with Gasteiger partial charge in [0.05, 0.1) is 0 Å². The van der Waals surface area contributed by atoms with Gasteiger partial charge in [-0.15, -0.1) is 0 Å². The minimum Gasteiger partial charge on any atom is -0.265 e. The van der Waals surface area contributed by atoms with Gasteiger partial charge in [0.15, 0.2) is 0 Å². The van der Waals surface area contributed by atoms with Crippen molar-refractivity contribution in [3.63, 3.8) is 0 Å². The van der Waals surface area contributed by atoms with Gasteiger partial charge in [-0.25, -0.2) is 5.26 Å². The molecule has 0 heterocycles. The summed E-state index contributed by atoms with van der Waals surface area (Å²) in [5, 5.41) is 16.6. The molecule has 0 aliphatic carbocycles. The predicted molar refractivity (Wildman–Crippen MR) is 20.5 cm³/mol. The molecule has 7 nitrogen and oxygen atoms in total. The van der Waals surface area contributed by atoms with Crippen LogP contribution in [0.15, 0.2) is 0 Å². The Kier molecular flexibility index (Phi) is 2.05. The van der Waals surface area contributed by atoms with Gasteiger partial charge in [-0.05, 0) is 0 Å². The van der Waals surface area contributed by atoms with Crippen molar-refractivity contribution >= 4 is 7.75 Å². The van der Waals surface area contributed by atoms with E-state index in [1.807, 2.05) is 0 Å². The zero-order chi connectivity index (χ0) is 6.78. The summed E-state index contributed by atoms with van der Waals surface area (Å²) in [6.45, 7) is 0. The molecule has 1 unspecified atom stereocenters. The molecule has 0 fully saturated rings. The van der Waals surface area contributed by atoms with Crippen molar-refractivity contribution in [3.8, 4) is 0 Å². The van der Waals surface area contributed by atoms with Gasteiger partial charge in [0, 0.05) is 0 Å². The lowest BCUT2D eigenvalue weighted by molar-refractivity contribution is -0.370. The van der Waals surface area contributed by atoms with Gasteiger partial charge in [-0.3, -0.25) is 15.0 Å². The maximum atomic E-state index is 9.67. The third-order valence-electron chi connectivity index (χ3n) is 0.313. The van der Waals surface area contributed by atoms with Crippen LogP contribution in [-0.2, 0) is 9.24 Å². The molecule has 0 aromatic rings. The number of nitro groups is 1. The summed E-state index contributed by atoms with van der Waals surface area (Å²) in [5.74, 6) is 0. The normalized spacial score (nSPS) is 17.2. The first-order valence-corrected chi connectivity index (χ1v) is 2.84. The number of rotatable bonds is 2. The van der Waals surface area contributed by atoms with E-state index in [1.165, 1.54) is 0 Å². The number of hydrogen-bond donors (Lipinski definition) is 2. The second-order valence-electron chi connectivity index (χ2n) is 0.810. The highest BCUT2D eigenvalue weighted by atomic mass is 31.2. The summed E-state index contributed by atoms with van der Waals surface area (Å²) in [6, 6.07) is 0. The Morgan fingerprint density at radius 3 is 2.12 bits per heavy atom. The van der Waals surface area contributed by atoms with Crippen molar-refractivity contribution in [2.75, 3.05) is 0 Å². The van der Waals surface area contributed by atoms with Crippen molar-refractivity contribution in [2.45, 2.75) is 0 Å². The fraction of sp³-hybridized carbons (Fsp3) is 0. The summed E-state index contributed by atoms with van der Waals surface area (Å²) in [6.07, 6.45) is 0. The first-order chi connectivity index (χ1) is 3.50. The topological polar surface area (TPSA) is 110 Å². The van der Waals surface area contributed by atoms with Gasteiger partial charge in [0.25, 0.3) is 0 Å². The Morgan fingerprint density at radius 2 is 2.12 bits per heavy atom. The third kappa shape index (κ3) is 1.55. The largest absolute Gasteiger partial charge is 0.690 e. The molecular weight excluding hydrogens is 141 g/mol. The van der Waals surface area contributed by atoms with Crippen LogP contribution in [0.25, 0.3) is 0 Å². The molecule has 0 spiro atoms. The zero-order valence-corrected chi connectivity index (χ0v) is 4.32. The maximum absolute atomic E-state index is 9.67. The second-order valence-corrected chi connectivity index (χ2v) is 2.28. The summed E-state index contributed by atoms with van der Waals surface area (Å²) in [5.41, 5.74) is 0. The van der Waals surface area contributed by atoms with E-state index in [9.17, 15) is 14.7 Å². The Hall–Kier alpha value is -0.490. The Bertz CT molecular complexity index is 137. The molecule has 8 heavy (non-hydrogen) atoms. The standard InChI is InChI=1S/H2NO6P/c2-1(3)8(5,6)7-4/h4H,(H,5,6). The molecule has 1 atom stereocenters. The van der Waals surface area contributed by atoms with Crippen LogP contribution in [0.2, 0.25) is 0 Å². The Morgan fingerprint density at radius 1 is 1.75 bits per heavy atom. The van der Waals surface area contributed by atoms with Crippen LogP contribution in [0.1, 0.15) is 0 Å². The molecule has 0 rings (SSSR count). The SMILES string of the molecule is O=[N+]([O-])P(=O)(O)OO. The average Bonchev–Trinajstić information content (AvgIpc) is 1.67. The van der Waals surface area contributed by atoms with E-state index in [0.29, 0.717) is 0 Å². The van der Waals surface area contributed by atoms with Crippen molar-refractivity contribution < 1.29 is 24.1 Å². The van der Waals surface area contributed by atoms with E-state index in [4.69, 9.17) is 10.2 Å². The summed E-state index contributed by atoms with van der Waals surface area (Å²) < 4.78 is 10.7. The summed E-state index contributed by atoms with van der Waals surface area (Å²) >= 11 is 0. The van der Waals surface area contributed by atoms with Crippen LogP contribution in [0.3, 0.4) is 0 Å². The number of hydrogen-bond acceptors (Lipinski definition) is 5. The first-order valence-electron chi connectivity index (χ1n) is 1.31. The van der Waals surface area contributed by atoms with E-state index in [-0.39, 0.29) is 0 Å². The van der Waals surface area contributed by atoms with Crippen molar-refractivity contribution in [2.24, 2.45) is 0 Å². The van der Waals surface area contributed by atoms with Gasteiger partial charge < -0.3 is 0 Å². The van der Waals surface area contributed by atoms with Crippen LogP contribution in [0, 0.1) is 10.1 Å². The van der Waals surface area contributed by atoms with Gasteiger partial charge in [-0.2, -0.15) is 4.57 Å².